The number of anilines is 1. The van der Waals surface area contributed by atoms with Gasteiger partial charge in [-0.15, -0.1) is 10.2 Å². The molecule has 0 bridgehead atoms. The van der Waals surface area contributed by atoms with Crippen molar-refractivity contribution in [2.24, 2.45) is 0 Å². The maximum atomic E-state index is 13.0. The summed E-state index contributed by atoms with van der Waals surface area (Å²) in [5.41, 5.74) is 3.27. The van der Waals surface area contributed by atoms with Crippen molar-refractivity contribution in [1.29, 1.82) is 0 Å². The molecule has 2 N–H and O–H groups in total. The lowest BCUT2D eigenvalue weighted by molar-refractivity contribution is 0.166. The van der Waals surface area contributed by atoms with Crippen molar-refractivity contribution in [1.82, 2.24) is 10.2 Å². The molecule has 0 unspecified atom stereocenters. The highest BCUT2D eigenvalue weighted by molar-refractivity contribution is 7.15. The Morgan fingerprint density at radius 3 is 2.75 bits per heavy atom. The average Bonchev–Trinajstić information content (AvgIpc) is 3.15. The third-order valence-electron chi connectivity index (χ3n) is 4.22. The highest BCUT2D eigenvalue weighted by Crippen LogP contribution is 2.34. The lowest BCUT2D eigenvalue weighted by atomic mass is 10.1. The summed E-state index contributed by atoms with van der Waals surface area (Å²) >= 11 is 1.46. The normalized spacial score (nSPS) is 19.2. The van der Waals surface area contributed by atoms with Crippen LogP contribution in [-0.4, -0.2) is 21.4 Å². The molecule has 0 spiro atoms. The van der Waals surface area contributed by atoms with E-state index < -0.39 is 6.10 Å². The predicted molar refractivity (Wildman–Crippen MR) is 91.6 cm³/mol. The second-order valence-electron chi connectivity index (χ2n) is 5.90. The number of nitrogens with zero attached hydrogens (tertiary/aromatic N) is 2. The van der Waals surface area contributed by atoms with Crippen LogP contribution in [-0.2, 0) is 12.8 Å². The number of hydrogen-bond donors (Lipinski definition) is 2. The molecule has 0 aliphatic heterocycles. The predicted octanol–water partition coefficient (Wildman–Crippen LogP) is 3.34. The second kappa shape index (κ2) is 6.30. The number of aliphatic hydroxyl groups excluding tert-OH is 1. The summed E-state index contributed by atoms with van der Waals surface area (Å²) in [4.78, 5) is 0. The van der Waals surface area contributed by atoms with Crippen molar-refractivity contribution in [3.8, 4) is 0 Å². The lowest BCUT2D eigenvalue weighted by Gasteiger charge is -2.16. The number of halogens is 1. The van der Waals surface area contributed by atoms with Gasteiger partial charge in [-0.25, -0.2) is 4.39 Å². The largest absolute Gasteiger partial charge is 0.390 e. The van der Waals surface area contributed by atoms with Gasteiger partial charge in [-0.2, -0.15) is 0 Å². The minimum absolute atomic E-state index is 0.159. The number of benzene rings is 2. The molecule has 4 nitrogen and oxygen atoms in total. The molecule has 24 heavy (non-hydrogen) atoms. The molecule has 122 valence electrons. The molecule has 1 heterocycles. The minimum Gasteiger partial charge on any atom is -0.390 e. The Hall–Kier alpha value is -2.31. The Labute approximate surface area is 143 Å². The van der Waals surface area contributed by atoms with Gasteiger partial charge in [0, 0.05) is 12.8 Å². The van der Waals surface area contributed by atoms with Gasteiger partial charge in [-0.1, -0.05) is 47.7 Å². The molecule has 2 atom stereocenters. The molecule has 0 fully saturated rings. The molecule has 1 aliphatic carbocycles. The molecule has 1 aromatic heterocycles. The van der Waals surface area contributed by atoms with Gasteiger partial charge < -0.3 is 10.4 Å². The van der Waals surface area contributed by atoms with Gasteiger partial charge in [-0.3, -0.25) is 0 Å². The SMILES string of the molecule is O[C@@H]1Cc2ccccc2[C@@H]1Nc1nnc(Cc2ccc(F)cc2)s1. The van der Waals surface area contributed by atoms with Crippen LogP contribution in [0.15, 0.2) is 48.5 Å². The first kappa shape index (κ1) is 15.2. The number of hydrogen-bond acceptors (Lipinski definition) is 5. The van der Waals surface area contributed by atoms with Gasteiger partial charge in [0.05, 0.1) is 12.1 Å². The molecule has 4 rings (SSSR count). The Balaban J connectivity index is 1.48. The number of nitrogens with one attached hydrogen (secondary N) is 1. The molecule has 0 radical (unpaired) electrons. The summed E-state index contributed by atoms with van der Waals surface area (Å²) in [6, 6.07) is 14.3. The van der Waals surface area contributed by atoms with Crippen LogP contribution in [0.4, 0.5) is 9.52 Å². The van der Waals surface area contributed by atoms with Crippen LogP contribution in [0.1, 0.15) is 27.7 Å². The number of rotatable bonds is 4. The topological polar surface area (TPSA) is 58.0 Å². The summed E-state index contributed by atoms with van der Waals surface area (Å²) < 4.78 is 13.0. The lowest BCUT2D eigenvalue weighted by Crippen LogP contribution is -2.21. The number of aliphatic hydroxyl groups is 1. The Morgan fingerprint density at radius 1 is 1.12 bits per heavy atom. The van der Waals surface area contributed by atoms with Gasteiger partial charge in [0.15, 0.2) is 0 Å². The quantitative estimate of drug-likeness (QED) is 0.764. The number of aromatic nitrogens is 2. The zero-order chi connectivity index (χ0) is 16.5. The summed E-state index contributed by atoms with van der Waals surface area (Å²) in [6.45, 7) is 0. The molecule has 2 aromatic carbocycles. The van der Waals surface area contributed by atoms with Crippen LogP contribution in [0.2, 0.25) is 0 Å². The first-order chi connectivity index (χ1) is 11.7. The van der Waals surface area contributed by atoms with Crippen LogP contribution in [0.25, 0.3) is 0 Å². The highest BCUT2D eigenvalue weighted by atomic mass is 32.1. The standard InChI is InChI=1S/C18H16FN3OS/c19-13-7-5-11(6-8-13)9-16-21-22-18(24-16)20-17-14-4-2-1-3-12(14)10-15(17)23/h1-8,15,17,23H,9-10H2,(H,20,22)/t15-,17+/m1/s1. The van der Waals surface area contributed by atoms with E-state index in [1.54, 1.807) is 12.1 Å². The first-order valence-electron chi connectivity index (χ1n) is 7.78. The van der Waals surface area contributed by atoms with Crippen molar-refractivity contribution in [3.63, 3.8) is 0 Å². The van der Waals surface area contributed by atoms with Crippen molar-refractivity contribution >= 4 is 16.5 Å². The van der Waals surface area contributed by atoms with E-state index in [1.807, 2.05) is 24.3 Å². The average molecular weight is 341 g/mol. The van der Waals surface area contributed by atoms with Crippen LogP contribution in [0.5, 0.6) is 0 Å². The summed E-state index contributed by atoms with van der Waals surface area (Å²) in [7, 11) is 0. The van der Waals surface area contributed by atoms with Crippen LogP contribution >= 0.6 is 11.3 Å². The fourth-order valence-electron chi connectivity index (χ4n) is 3.04. The van der Waals surface area contributed by atoms with Gasteiger partial charge in [0.2, 0.25) is 5.13 Å². The maximum absolute atomic E-state index is 13.0. The van der Waals surface area contributed by atoms with E-state index >= 15 is 0 Å². The molecule has 1 aliphatic rings. The zero-order valence-electron chi connectivity index (χ0n) is 12.8. The minimum atomic E-state index is -0.466. The van der Waals surface area contributed by atoms with Gasteiger partial charge in [0.1, 0.15) is 10.8 Å². The highest BCUT2D eigenvalue weighted by Gasteiger charge is 2.31. The Bertz CT molecular complexity index is 849. The molecular formula is C18H16FN3OS. The van der Waals surface area contributed by atoms with Crippen molar-refractivity contribution in [2.75, 3.05) is 5.32 Å². The smallest absolute Gasteiger partial charge is 0.206 e. The molecule has 0 amide bonds. The second-order valence-corrected chi connectivity index (χ2v) is 6.96. The van der Waals surface area contributed by atoms with E-state index in [2.05, 4.69) is 15.5 Å². The fraction of sp³-hybridized carbons (Fsp3) is 0.222. The Morgan fingerprint density at radius 2 is 1.92 bits per heavy atom. The van der Waals surface area contributed by atoms with Crippen molar-refractivity contribution in [2.45, 2.75) is 25.0 Å². The van der Waals surface area contributed by atoms with E-state index in [0.29, 0.717) is 18.0 Å². The van der Waals surface area contributed by atoms with E-state index in [9.17, 15) is 9.50 Å². The van der Waals surface area contributed by atoms with Gasteiger partial charge in [0.25, 0.3) is 0 Å². The summed E-state index contributed by atoms with van der Waals surface area (Å²) in [5.74, 6) is -0.243. The maximum Gasteiger partial charge on any atom is 0.206 e. The van der Waals surface area contributed by atoms with Gasteiger partial charge in [-0.05, 0) is 28.8 Å². The fourth-order valence-corrected chi connectivity index (χ4v) is 3.85. The van der Waals surface area contributed by atoms with E-state index in [1.165, 1.54) is 29.0 Å². The zero-order valence-corrected chi connectivity index (χ0v) is 13.6. The van der Waals surface area contributed by atoms with E-state index in [-0.39, 0.29) is 11.9 Å². The first-order valence-corrected chi connectivity index (χ1v) is 8.60. The third-order valence-corrected chi connectivity index (χ3v) is 5.07. The summed E-state index contributed by atoms with van der Waals surface area (Å²) in [6.07, 6.45) is 0.797. The van der Waals surface area contributed by atoms with Crippen LogP contribution < -0.4 is 5.32 Å². The summed E-state index contributed by atoms with van der Waals surface area (Å²) in [5, 5.41) is 23.5. The Kier molecular flexibility index (Phi) is 4.00. The molecule has 0 saturated carbocycles. The molecule has 6 heteroatoms. The number of fused-ring (bicyclic) bond motifs is 1. The van der Waals surface area contributed by atoms with Crippen molar-refractivity contribution < 1.29 is 9.50 Å². The molecule has 3 aromatic rings. The van der Waals surface area contributed by atoms with E-state index in [4.69, 9.17) is 0 Å². The van der Waals surface area contributed by atoms with Crippen molar-refractivity contribution in [3.05, 3.63) is 76.0 Å². The molecule has 0 saturated heterocycles. The molecular weight excluding hydrogens is 325 g/mol. The third kappa shape index (κ3) is 3.02. The monoisotopic (exact) mass is 341 g/mol. The van der Waals surface area contributed by atoms with Crippen LogP contribution in [0.3, 0.4) is 0 Å². The van der Waals surface area contributed by atoms with Crippen LogP contribution in [0, 0.1) is 5.82 Å². The van der Waals surface area contributed by atoms with E-state index in [0.717, 1.165) is 16.1 Å². The van der Waals surface area contributed by atoms with Gasteiger partial charge >= 0.3 is 0 Å².